The minimum atomic E-state index is 0.0413. The molecule has 0 amide bonds. The number of hydrogen-bond donors (Lipinski definition) is 0. The van der Waals surface area contributed by atoms with Crippen molar-refractivity contribution in [2.24, 2.45) is 11.8 Å². The molecule has 3 unspecified atom stereocenters. The smallest absolute Gasteiger partial charge is 0.00151 e. The number of benzene rings is 1. The first kappa shape index (κ1) is 15.4. The molecule has 3 aliphatic carbocycles. The first-order valence-electron chi connectivity index (χ1n) is 9.25. The van der Waals surface area contributed by atoms with Crippen molar-refractivity contribution in [2.75, 3.05) is 6.16 Å². The second kappa shape index (κ2) is 6.78. The van der Waals surface area contributed by atoms with Crippen molar-refractivity contribution in [3.8, 4) is 0 Å². The molecule has 1 fully saturated rings. The summed E-state index contributed by atoms with van der Waals surface area (Å²) in [7, 11) is 0.0413. The van der Waals surface area contributed by atoms with Crippen molar-refractivity contribution < 1.29 is 0 Å². The predicted molar refractivity (Wildman–Crippen MR) is 103 cm³/mol. The van der Waals surface area contributed by atoms with Gasteiger partial charge in [0.15, 0.2) is 0 Å². The SMILES string of the molecule is CCCCP(C1=Cc2ccccc2C1)C1CC2C=CC=CC2C1. The molecule has 0 radical (unpaired) electrons. The molecule has 3 atom stereocenters. The maximum absolute atomic E-state index is 2.55. The summed E-state index contributed by atoms with van der Waals surface area (Å²) in [5.41, 5.74) is 3.99. The summed E-state index contributed by atoms with van der Waals surface area (Å²) in [5.74, 6) is 1.64. The summed E-state index contributed by atoms with van der Waals surface area (Å²) in [6, 6.07) is 9.01. The van der Waals surface area contributed by atoms with Gasteiger partial charge in [0.2, 0.25) is 0 Å². The molecule has 3 aliphatic rings. The highest BCUT2D eigenvalue weighted by atomic mass is 31.1. The van der Waals surface area contributed by atoms with Gasteiger partial charge in [-0.05, 0) is 65.8 Å². The van der Waals surface area contributed by atoms with Crippen molar-refractivity contribution >= 4 is 14.0 Å². The molecule has 1 aromatic carbocycles. The van der Waals surface area contributed by atoms with Gasteiger partial charge < -0.3 is 0 Å². The molecular formula is C22H27P. The van der Waals surface area contributed by atoms with Gasteiger partial charge in [0.05, 0.1) is 0 Å². The highest BCUT2D eigenvalue weighted by Gasteiger charge is 2.37. The largest absolute Gasteiger partial charge is 0.0808 e. The third-order valence-electron chi connectivity index (χ3n) is 5.78. The molecule has 0 aliphatic heterocycles. The van der Waals surface area contributed by atoms with Crippen LogP contribution in [0, 0.1) is 11.8 Å². The molecule has 0 nitrogen and oxygen atoms in total. The zero-order chi connectivity index (χ0) is 15.6. The van der Waals surface area contributed by atoms with E-state index in [9.17, 15) is 0 Å². The molecule has 1 aromatic rings. The Kier molecular flexibility index (Phi) is 4.54. The van der Waals surface area contributed by atoms with Crippen LogP contribution in [0.25, 0.3) is 6.08 Å². The van der Waals surface area contributed by atoms with Crippen molar-refractivity contribution in [2.45, 2.75) is 44.7 Å². The number of fused-ring (bicyclic) bond motifs is 2. The normalized spacial score (nSPS) is 29.3. The number of hydrogen-bond acceptors (Lipinski definition) is 0. The lowest BCUT2D eigenvalue weighted by Gasteiger charge is -2.26. The summed E-state index contributed by atoms with van der Waals surface area (Å²) in [4.78, 5) is 0. The third-order valence-corrected chi connectivity index (χ3v) is 8.90. The average molecular weight is 322 g/mol. The maximum Gasteiger partial charge on any atom is -0.00151 e. The summed E-state index contributed by atoms with van der Waals surface area (Å²) < 4.78 is 0. The van der Waals surface area contributed by atoms with Gasteiger partial charge in [-0.1, -0.05) is 75.9 Å². The van der Waals surface area contributed by atoms with Crippen LogP contribution in [0.4, 0.5) is 0 Å². The molecule has 0 N–H and O–H groups in total. The molecule has 1 heteroatoms. The van der Waals surface area contributed by atoms with Crippen LogP contribution in [0.2, 0.25) is 0 Å². The minimum Gasteiger partial charge on any atom is -0.0808 e. The van der Waals surface area contributed by atoms with E-state index in [1.54, 1.807) is 10.9 Å². The molecule has 1 saturated carbocycles. The van der Waals surface area contributed by atoms with Gasteiger partial charge in [0, 0.05) is 0 Å². The topological polar surface area (TPSA) is 0 Å². The molecule has 120 valence electrons. The van der Waals surface area contributed by atoms with E-state index in [0.29, 0.717) is 0 Å². The van der Waals surface area contributed by atoms with E-state index in [0.717, 1.165) is 17.5 Å². The molecule has 0 saturated heterocycles. The fourth-order valence-corrected chi connectivity index (χ4v) is 7.97. The van der Waals surface area contributed by atoms with Crippen molar-refractivity contribution in [3.05, 3.63) is 65.0 Å². The van der Waals surface area contributed by atoms with Crippen LogP contribution >= 0.6 is 7.92 Å². The Morgan fingerprint density at radius 2 is 1.78 bits per heavy atom. The Bertz CT molecular complexity index is 632. The van der Waals surface area contributed by atoms with Crippen LogP contribution in [-0.4, -0.2) is 11.8 Å². The first-order valence-corrected chi connectivity index (χ1v) is 10.8. The lowest BCUT2D eigenvalue weighted by atomic mass is 9.92. The fourth-order valence-electron chi connectivity index (χ4n) is 4.52. The average Bonchev–Trinajstić information content (AvgIpc) is 3.19. The third kappa shape index (κ3) is 3.11. The molecule has 23 heavy (non-hydrogen) atoms. The summed E-state index contributed by atoms with van der Waals surface area (Å²) in [6.07, 6.45) is 20.3. The Labute approximate surface area is 142 Å². The summed E-state index contributed by atoms with van der Waals surface area (Å²) in [6.45, 7) is 2.34. The Balaban J connectivity index is 1.55. The van der Waals surface area contributed by atoms with Crippen LogP contribution in [0.1, 0.15) is 43.7 Å². The maximum atomic E-state index is 2.55. The van der Waals surface area contributed by atoms with Crippen molar-refractivity contribution in [3.63, 3.8) is 0 Å². The zero-order valence-corrected chi connectivity index (χ0v) is 15.0. The van der Waals surface area contributed by atoms with E-state index in [-0.39, 0.29) is 7.92 Å². The monoisotopic (exact) mass is 322 g/mol. The Morgan fingerprint density at radius 3 is 2.48 bits per heavy atom. The quantitative estimate of drug-likeness (QED) is 0.551. The molecule has 0 heterocycles. The van der Waals surface area contributed by atoms with Crippen molar-refractivity contribution in [1.29, 1.82) is 0 Å². The zero-order valence-electron chi connectivity index (χ0n) is 14.1. The molecule has 0 aromatic heterocycles. The van der Waals surface area contributed by atoms with Crippen LogP contribution in [0.5, 0.6) is 0 Å². The van der Waals surface area contributed by atoms with Gasteiger partial charge in [0.25, 0.3) is 0 Å². The van der Waals surface area contributed by atoms with Gasteiger partial charge in [-0.15, -0.1) is 0 Å². The van der Waals surface area contributed by atoms with E-state index in [2.05, 4.69) is 61.6 Å². The van der Waals surface area contributed by atoms with Gasteiger partial charge >= 0.3 is 0 Å². The Hall–Kier alpha value is -1.13. The van der Waals surface area contributed by atoms with Gasteiger partial charge in [-0.25, -0.2) is 0 Å². The molecule has 0 bridgehead atoms. The summed E-state index contributed by atoms with van der Waals surface area (Å²) in [5, 5.41) is 1.78. The number of allylic oxidation sites excluding steroid dienone is 5. The van der Waals surface area contributed by atoms with Gasteiger partial charge in [-0.2, -0.15) is 0 Å². The van der Waals surface area contributed by atoms with E-state index in [4.69, 9.17) is 0 Å². The van der Waals surface area contributed by atoms with E-state index in [1.807, 2.05) is 0 Å². The lowest BCUT2D eigenvalue weighted by molar-refractivity contribution is 0.552. The first-order chi connectivity index (χ1) is 11.3. The second-order valence-corrected chi connectivity index (χ2v) is 9.97. The van der Waals surface area contributed by atoms with Gasteiger partial charge in [0.1, 0.15) is 0 Å². The van der Waals surface area contributed by atoms with E-state index >= 15 is 0 Å². The van der Waals surface area contributed by atoms with Crippen LogP contribution < -0.4 is 0 Å². The Morgan fingerprint density at radius 1 is 1.04 bits per heavy atom. The summed E-state index contributed by atoms with van der Waals surface area (Å²) >= 11 is 0. The lowest BCUT2D eigenvalue weighted by Crippen LogP contribution is -2.05. The molecule has 4 rings (SSSR count). The van der Waals surface area contributed by atoms with E-state index in [1.165, 1.54) is 43.8 Å². The minimum absolute atomic E-state index is 0.0413. The van der Waals surface area contributed by atoms with Crippen molar-refractivity contribution in [1.82, 2.24) is 0 Å². The number of rotatable bonds is 5. The number of unbranched alkanes of at least 4 members (excludes halogenated alkanes) is 1. The van der Waals surface area contributed by atoms with Crippen LogP contribution in [0.15, 0.2) is 53.9 Å². The van der Waals surface area contributed by atoms with E-state index < -0.39 is 0 Å². The molecular weight excluding hydrogens is 295 g/mol. The standard InChI is InChI=1S/C22H27P/c1-2-3-12-23(21-13-17-8-4-5-9-18(17)14-21)22-15-19-10-6-7-11-20(19)16-22/h4-11,13,19-20,22H,2-3,12,14-16H2,1H3. The predicted octanol–water partition coefficient (Wildman–Crippen LogP) is 6.39. The molecule has 0 spiro atoms. The van der Waals surface area contributed by atoms with Crippen LogP contribution in [0.3, 0.4) is 0 Å². The highest BCUT2D eigenvalue weighted by Crippen LogP contribution is 2.60. The van der Waals surface area contributed by atoms with Crippen LogP contribution in [-0.2, 0) is 6.42 Å². The highest BCUT2D eigenvalue weighted by molar-refractivity contribution is 7.63. The van der Waals surface area contributed by atoms with Gasteiger partial charge in [-0.3, -0.25) is 0 Å². The second-order valence-electron chi connectivity index (χ2n) is 7.28. The fraction of sp³-hybridized carbons (Fsp3) is 0.455.